The molecule has 1 aromatic carbocycles. The summed E-state index contributed by atoms with van der Waals surface area (Å²) in [7, 11) is 0. The fraction of sp³-hybridized carbons (Fsp3) is 0.500. The van der Waals surface area contributed by atoms with E-state index in [1.54, 1.807) is 4.90 Å². The van der Waals surface area contributed by atoms with Gasteiger partial charge in [0.05, 0.1) is 0 Å². The lowest BCUT2D eigenvalue weighted by atomic mass is 9.97. The lowest BCUT2D eigenvalue weighted by Gasteiger charge is -2.32. The predicted molar refractivity (Wildman–Crippen MR) is 97.2 cm³/mol. The van der Waals surface area contributed by atoms with E-state index in [1.165, 1.54) is 0 Å². The van der Waals surface area contributed by atoms with Crippen molar-refractivity contribution < 1.29 is 14.1 Å². The highest BCUT2D eigenvalue weighted by molar-refractivity contribution is 9.10. The third kappa shape index (κ3) is 4.60. The molecular formula is C18H22BrN3O3. The van der Waals surface area contributed by atoms with E-state index in [-0.39, 0.29) is 12.0 Å². The normalized spacial score (nSPS) is 16.1. The van der Waals surface area contributed by atoms with Crippen LogP contribution < -0.4 is 0 Å². The zero-order valence-electron chi connectivity index (χ0n) is 14.7. The number of benzene rings is 1. The fourth-order valence-corrected chi connectivity index (χ4v) is 3.02. The minimum absolute atomic E-state index is 0.176. The first-order valence-electron chi connectivity index (χ1n) is 8.39. The largest absolute Gasteiger partial charge is 0.444 e. The highest BCUT2D eigenvalue weighted by Crippen LogP contribution is 2.29. The van der Waals surface area contributed by atoms with Crippen LogP contribution in [0.2, 0.25) is 0 Å². The second kappa shape index (κ2) is 7.15. The first kappa shape index (κ1) is 17.9. The van der Waals surface area contributed by atoms with Crippen LogP contribution in [0.4, 0.5) is 4.79 Å². The summed E-state index contributed by atoms with van der Waals surface area (Å²) < 4.78 is 11.9. The van der Waals surface area contributed by atoms with Crippen LogP contribution in [0.15, 0.2) is 33.3 Å². The van der Waals surface area contributed by atoms with Gasteiger partial charge < -0.3 is 14.2 Å². The van der Waals surface area contributed by atoms with E-state index in [4.69, 9.17) is 9.26 Å². The molecule has 0 saturated carbocycles. The number of hydrogen-bond donors (Lipinski definition) is 0. The highest BCUT2D eigenvalue weighted by atomic mass is 79.9. The summed E-state index contributed by atoms with van der Waals surface area (Å²) in [4.78, 5) is 18.4. The Balaban J connectivity index is 1.60. The molecule has 1 fully saturated rings. The quantitative estimate of drug-likeness (QED) is 0.726. The SMILES string of the molecule is CC(C)(C)OC(=O)N1CCC(c2nc(-c3ccc(Br)cc3)no2)CC1. The van der Waals surface area contributed by atoms with Crippen molar-refractivity contribution in [2.75, 3.05) is 13.1 Å². The number of piperidine rings is 1. The number of halogens is 1. The molecule has 0 aliphatic carbocycles. The van der Waals surface area contributed by atoms with Gasteiger partial charge in [0.15, 0.2) is 0 Å². The van der Waals surface area contributed by atoms with E-state index < -0.39 is 5.60 Å². The topological polar surface area (TPSA) is 68.5 Å². The average molecular weight is 408 g/mol. The fourth-order valence-electron chi connectivity index (χ4n) is 2.75. The predicted octanol–water partition coefficient (Wildman–Crippen LogP) is 4.61. The molecule has 0 unspecified atom stereocenters. The van der Waals surface area contributed by atoms with Crippen molar-refractivity contribution in [1.82, 2.24) is 15.0 Å². The Bertz CT molecular complexity index is 729. The number of nitrogens with zero attached hydrogens (tertiary/aromatic N) is 3. The molecule has 0 radical (unpaired) electrons. The van der Waals surface area contributed by atoms with Crippen molar-refractivity contribution in [3.05, 3.63) is 34.6 Å². The van der Waals surface area contributed by atoms with E-state index in [1.807, 2.05) is 45.0 Å². The van der Waals surface area contributed by atoms with Crippen LogP contribution in [-0.4, -0.2) is 39.8 Å². The zero-order valence-corrected chi connectivity index (χ0v) is 16.2. The third-order valence-corrected chi connectivity index (χ3v) is 4.57. The third-order valence-electron chi connectivity index (χ3n) is 4.04. The molecule has 0 atom stereocenters. The Morgan fingerprint density at radius 3 is 2.48 bits per heavy atom. The monoisotopic (exact) mass is 407 g/mol. The molecule has 1 saturated heterocycles. The van der Waals surface area contributed by atoms with Gasteiger partial charge in [-0.2, -0.15) is 4.98 Å². The Labute approximate surface area is 155 Å². The minimum atomic E-state index is -0.472. The van der Waals surface area contributed by atoms with Crippen LogP contribution in [0.1, 0.15) is 45.4 Å². The van der Waals surface area contributed by atoms with E-state index in [9.17, 15) is 4.79 Å². The van der Waals surface area contributed by atoms with Crippen molar-refractivity contribution in [3.8, 4) is 11.4 Å². The van der Waals surface area contributed by atoms with Crippen molar-refractivity contribution in [1.29, 1.82) is 0 Å². The molecule has 3 rings (SSSR count). The smallest absolute Gasteiger partial charge is 0.410 e. The van der Waals surface area contributed by atoms with Gasteiger partial charge in [0.1, 0.15) is 5.60 Å². The number of rotatable bonds is 2. The second-order valence-corrected chi connectivity index (χ2v) is 8.12. The summed E-state index contributed by atoms with van der Waals surface area (Å²) >= 11 is 3.41. The first-order chi connectivity index (χ1) is 11.8. The number of aromatic nitrogens is 2. The Kier molecular flexibility index (Phi) is 5.13. The molecular weight excluding hydrogens is 386 g/mol. The Morgan fingerprint density at radius 1 is 1.24 bits per heavy atom. The number of hydrogen-bond acceptors (Lipinski definition) is 5. The van der Waals surface area contributed by atoms with Crippen LogP contribution >= 0.6 is 15.9 Å². The lowest BCUT2D eigenvalue weighted by Crippen LogP contribution is -2.41. The Morgan fingerprint density at radius 2 is 1.88 bits per heavy atom. The molecule has 1 aliphatic heterocycles. The summed E-state index contributed by atoms with van der Waals surface area (Å²) in [6, 6.07) is 7.79. The molecule has 7 heteroatoms. The standard InChI is InChI=1S/C18H22BrN3O3/c1-18(2,3)24-17(23)22-10-8-13(9-11-22)16-20-15(21-25-16)12-4-6-14(19)7-5-12/h4-7,13H,8-11H2,1-3H3. The molecule has 1 aromatic heterocycles. The van der Waals surface area contributed by atoms with Crippen LogP contribution in [-0.2, 0) is 4.74 Å². The van der Waals surface area contributed by atoms with Gasteiger partial charge in [-0.15, -0.1) is 0 Å². The maximum Gasteiger partial charge on any atom is 0.410 e. The van der Waals surface area contributed by atoms with Gasteiger partial charge in [-0.25, -0.2) is 4.79 Å². The average Bonchev–Trinajstić information content (AvgIpc) is 3.04. The summed E-state index contributed by atoms with van der Waals surface area (Å²) in [6.45, 7) is 6.89. The van der Waals surface area contributed by atoms with Crippen LogP contribution in [0, 0.1) is 0 Å². The number of ether oxygens (including phenoxy) is 1. The summed E-state index contributed by atoms with van der Waals surface area (Å²) in [6.07, 6.45) is 1.33. The maximum absolute atomic E-state index is 12.1. The molecule has 2 heterocycles. The number of likely N-dealkylation sites (tertiary alicyclic amines) is 1. The number of carbonyl (C=O) groups excluding carboxylic acids is 1. The molecule has 0 spiro atoms. The van der Waals surface area contributed by atoms with E-state index >= 15 is 0 Å². The van der Waals surface area contributed by atoms with E-state index in [0.717, 1.165) is 22.9 Å². The second-order valence-electron chi connectivity index (χ2n) is 7.20. The van der Waals surface area contributed by atoms with Crippen molar-refractivity contribution in [2.24, 2.45) is 0 Å². The minimum Gasteiger partial charge on any atom is -0.444 e. The zero-order chi connectivity index (χ0) is 18.0. The molecule has 1 amide bonds. The number of amides is 1. The lowest BCUT2D eigenvalue weighted by molar-refractivity contribution is 0.0198. The molecule has 2 aromatic rings. The molecule has 0 N–H and O–H groups in total. The molecule has 25 heavy (non-hydrogen) atoms. The van der Waals surface area contributed by atoms with Gasteiger partial charge in [-0.3, -0.25) is 0 Å². The highest BCUT2D eigenvalue weighted by Gasteiger charge is 2.30. The Hall–Kier alpha value is -1.89. The van der Waals surface area contributed by atoms with Crippen molar-refractivity contribution in [2.45, 2.75) is 45.1 Å². The van der Waals surface area contributed by atoms with Crippen LogP contribution in [0.5, 0.6) is 0 Å². The summed E-state index contributed by atoms with van der Waals surface area (Å²) in [5.74, 6) is 1.41. The number of carbonyl (C=O) groups is 1. The van der Waals surface area contributed by atoms with Gasteiger partial charge in [0.2, 0.25) is 11.7 Å². The van der Waals surface area contributed by atoms with Crippen molar-refractivity contribution >= 4 is 22.0 Å². The van der Waals surface area contributed by atoms with Crippen molar-refractivity contribution in [3.63, 3.8) is 0 Å². The van der Waals surface area contributed by atoms with Crippen LogP contribution in [0.3, 0.4) is 0 Å². The van der Waals surface area contributed by atoms with Gasteiger partial charge >= 0.3 is 6.09 Å². The van der Waals surface area contributed by atoms with Gasteiger partial charge in [-0.05, 0) is 57.9 Å². The van der Waals surface area contributed by atoms with E-state index in [2.05, 4.69) is 26.1 Å². The maximum atomic E-state index is 12.1. The van der Waals surface area contributed by atoms with E-state index in [0.29, 0.717) is 24.8 Å². The summed E-state index contributed by atoms with van der Waals surface area (Å²) in [5.41, 5.74) is 0.449. The molecule has 6 nitrogen and oxygen atoms in total. The molecule has 0 bridgehead atoms. The van der Waals surface area contributed by atoms with Crippen LogP contribution in [0.25, 0.3) is 11.4 Å². The van der Waals surface area contributed by atoms with Gasteiger partial charge in [0, 0.05) is 29.0 Å². The first-order valence-corrected chi connectivity index (χ1v) is 9.18. The van der Waals surface area contributed by atoms with Gasteiger partial charge in [-0.1, -0.05) is 21.1 Å². The van der Waals surface area contributed by atoms with Gasteiger partial charge in [0.25, 0.3) is 0 Å². The molecule has 134 valence electrons. The summed E-state index contributed by atoms with van der Waals surface area (Å²) in [5, 5.41) is 4.09. The molecule has 1 aliphatic rings.